The molecule has 0 aromatic carbocycles. The van der Waals surface area contributed by atoms with Crippen LogP contribution in [0.3, 0.4) is 0 Å². The lowest BCUT2D eigenvalue weighted by atomic mass is 9.84. The van der Waals surface area contributed by atoms with Gasteiger partial charge in [0.15, 0.2) is 0 Å². The maximum absolute atomic E-state index is 7.71. The molecule has 2 aliphatic rings. The number of ether oxygens (including phenoxy) is 2. The van der Waals surface area contributed by atoms with Crippen LogP contribution in [-0.4, -0.2) is 73.1 Å². The molecule has 0 N–H and O–H groups in total. The molecule has 0 radical (unpaired) electrons. The third-order valence-corrected chi connectivity index (χ3v) is 4.88. The van der Waals surface area contributed by atoms with Gasteiger partial charge in [0, 0.05) is 25.7 Å². The second kappa shape index (κ2) is 6.84. The fraction of sp³-hybridized carbons (Fsp3) is 0.941. The Morgan fingerprint density at radius 3 is 2.64 bits per heavy atom. The van der Waals surface area contributed by atoms with E-state index in [4.69, 9.17) is 16.0 Å². The van der Waals surface area contributed by atoms with Crippen molar-refractivity contribution in [2.75, 3.05) is 39.9 Å². The van der Waals surface area contributed by atoms with Gasteiger partial charge in [0.1, 0.15) is 0 Å². The van der Waals surface area contributed by atoms with E-state index in [1.54, 1.807) is 0 Å². The standard InChI is InChI=1S/C17H31N3O2/c1-14(2)21-10-8-19(6)15-11-20(12-15)17(18-5)7-9-22-16(3,4)13-17/h14-15H,7-13H2,1-4,6H3. The van der Waals surface area contributed by atoms with Crippen molar-refractivity contribution >= 4 is 0 Å². The summed E-state index contributed by atoms with van der Waals surface area (Å²) in [4.78, 5) is 8.75. The van der Waals surface area contributed by atoms with Gasteiger partial charge in [0.25, 0.3) is 5.66 Å². The number of rotatable bonds is 6. The summed E-state index contributed by atoms with van der Waals surface area (Å²) in [5, 5.41) is 0. The van der Waals surface area contributed by atoms with Crippen molar-refractivity contribution in [1.29, 1.82) is 0 Å². The minimum atomic E-state index is -0.354. The second-order valence-electron chi connectivity index (χ2n) is 7.59. The van der Waals surface area contributed by atoms with E-state index in [1.807, 2.05) is 0 Å². The SMILES string of the molecule is [C-]#[N+]C1(N2CC(N(C)CCOC(C)C)C2)CCOC(C)(C)C1. The van der Waals surface area contributed by atoms with Crippen molar-refractivity contribution in [1.82, 2.24) is 9.80 Å². The topological polar surface area (TPSA) is 29.3 Å². The number of nitrogens with zero attached hydrogens (tertiary/aromatic N) is 3. The molecule has 0 bridgehead atoms. The Bertz CT molecular complexity index is 413. The third-order valence-electron chi connectivity index (χ3n) is 4.88. The number of hydrogen-bond acceptors (Lipinski definition) is 4. The van der Waals surface area contributed by atoms with Crippen LogP contribution in [0.15, 0.2) is 0 Å². The first-order valence-electron chi connectivity index (χ1n) is 8.37. The molecule has 2 aliphatic heterocycles. The van der Waals surface area contributed by atoms with Crippen LogP contribution >= 0.6 is 0 Å². The van der Waals surface area contributed by atoms with E-state index in [-0.39, 0.29) is 11.3 Å². The smallest absolute Gasteiger partial charge is 0.293 e. The van der Waals surface area contributed by atoms with Gasteiger partial charge in [-0.2, -0.15) is 0 Å². The van der Waals surface area contributed by atoms with Crippen molar-refractivity contribution in [2.24, 2.45) is 0 Å². The average Bonchev–Trinajstić information content (AvgIpc) is 2.35. The van der Waals surface area contributed by atoms with E-state index < -0.39 is 0 Å². The van der Waals surface area contributed by atoms with Gasteiger partial charge in [-0.1, -0.05) is 0 Å². The van der Waals surface area contributed by atoms with Gasteiger partial charge in [-0.15, -0.1) is 0 Å². The Labute approximate surface area is 135 Å². The lowest BCUT2D eigenvalue weighted by Gasteiger charge is -2.51. The third kappa shape index (κ3) is 3.99. The summed E-state index contributed by atoms with van der Waals surface area (Å²) in [6.07, 6.45) is 1.92. The molecule has 1 unspecified atom stereocenters. The molecule has 126 valence electrons. The van der Waals surface area contributed by atoms with Crippen molar-refractivity contribution in [3.8, 4) is 0 Å². The number of likely N-dealkylation sites (N-methyl/N-ethyl adjacent to an activating group) is 1. The highest BCUT2D eigenvalue weighted by Gasteiger charge is 2.55. The Kier molecular flexibility index (Phi) is 5.50. The maximum Gasteiger partial charge on any atom is 0.293 e. The summed E-state index contributed by atoms with van der Waals surface area (Å²) in [5.41, 5.74) is -0.543. The van der Waals surface area contributed by atoms with Crippen molar-refractivity contribution in [2.45, 2.75) is 63.9 Å². The molecule has 0 amide bonds. The quantitative estimate of drug-likeness (QED) is 0.704. The van der Waals surface area contributed by atoms with Crippen LogP contribution in [0, 0.1) is 6.57 Å². The molecule has 5 heteroatoms. The second-order valence-corrected chi connectivity index (χ2v) is 7.59. The van der Waals surface area contributed by atoms with Crippen LogP contribution < -0.4 is 0 Å². The highest BCUT2D eigenvalue weighted by atomic mass is 16.5. The Morgan fingerprint density at radius 1 is 1.41 bits per heavy atom. The predicted octanol–water partition coefficient (Wildman–Crippen LogP) is 2.23. The summed E-state index contributed by atoms with van der Waals surface area (Å²) in [6, 6.07) is 0.542. The molecule has 1 atom stereocenters. The minimum Gasteiger partial charge on any atom is -0.377 e. The maximum atomic E-state index is 7.71. The summed E-state index contributed by atoms with van der Waals surface area (Å²) in [6.45, 7) is 20.4. The largest absolute Gasteiger partial charge is 0.377 e. The van der Waals surface area contributed by atoms with Crippen LogP contribution in [-0.2, 0) is 9.47 Å². The Morgan fingerprint density at radius 2 is 2.09 bits per heavy atom. The van der Waals surface area contributed by atoms with Gasteiger partial charge < -0.3 is 9.47 Å². The molecule has 0 saturated carbocycles. The highest BCUT2D eigenvalue weighted by molar-refractivity contribution is 5.09. The Balaban J connectivity index is 1.83. The van der Waals surface area contributed by atoms with E-state index in [0.717, 1.165) is 39.1 Å². The highest BCUT2D eigenvalue weighted by Crippen LogP contribution is 2.40. The molecule has 0 aromatic rings. The molecule has 2 rings (SSSR count). The lowest BCUT2D eigenvalue weighted by molar-refractivity contribution is -0.131. The van der Waals surface area contributed by atoms with Crippen molar-refractivity contribution < 1.29 is 9.47 Å². The number of likely N-dealkylation sites (tertiary alicyclic amines) is 1. The summed E-state index contributed by atoms with van der Waals surface area (Å²) in [7, 11) is 2.16. The summed E-state index contributed by atoms with van der Waals surface area (Å²) >= 11 is 0. The zero-order chi connectivity index (χ0) is 16.4. The van der Waals surface area contributed by atoms with E-state index in [9.17, 15) is 0 Å². The molecule has 2 saturated heterocycles. The molecule has 2 heterocycles. The van der Waals surface area contributed by atoms with Crippen molar-refractivity contribution in [3.05, 3.63) is 11.4 Å². The van der Waals surface area contributed by atoms with Gasteiger partial charge in [-0.25, -0.2) is 11.5 Å². The fourth-order valence-corrected chi connectivity index (χ4v) is 3.44. The van der Waals surface area contributed by atoms with Crippen LogP contribution in [0.5, 0.6) is 0 Å². The van der Waals surface area contributed by atoms with Gasteiger partial charge in [0.2, 0.25) is 0 Å². The average molecular weight is 309 g/mol. The monoisotopic (exact) mass is 309 g/mol. The molecule has 0 aromatic heterocycles. The first kappa shape index (κ1) is 17.7. The molecule has 0 aliphatic carbocycles. The van der Waals surface area contributed by atoms with Gasteiger partial charge in [0.05, 0.1) is 37.8 Å². The van der Waals surface area contributed by atoms with E-state index in [1.165, 1.54) is 0 Å². The summed E-state index contributed by atoms with van der Waals surface area (Å²) in [5.74, 6) is 0. The van der Waals surface area contributed by atoms with Crippen LogP contribution in [0.25, 0.3) is 4.85 Å². The van der Waals surface area contributed by atoms with Gasteiger partial charge in [-0.3, -0.25) is 9.74 Å². The van der Waals surface area contributed by atoms with E-state index >= 15 is 0 Å². The minimum absolute atomic E-state index is 0.190. The zero-order valence-corrected chi connectivity index (χ0v) is 14.8. The molecule has 5 nitrogen and oxygen atoms in total. The van der Waals surface area contributed by atoms with E-state index in [2.05, 4.69) is 49.4 Å². The summed E-state index contributed by atoms with van der Waals surface area (Å²) < 4.78 is 11.4. The van der Waals surface area contributed by atoms with Crippen molar-refractivity contribution in [3.63, 3.8) is 0 Å². The van der Waals surface area contributed by atoms with Crippen LogP contribution in [0.2, 0.25) is 0 Å². The van der Waals surface area contributed by atoms with E-state index in [0.29, 0.717) is 18.8 Å². The Hall–Kier alpha value is -0.670. The fourth-order valence-electron chi connectivity index (χ4n) is 3.44. The van der Waals surface area contributed by atoms with Gasteiger partial charge >= 0.3 is 0 Å². The normalized spacial score (nSPS) is 29.5. The van der Waals surface area contributed by atoms with Gasteiger partial charge in [-0.05, 0) is 34.7 Å². The van der Waals surface area contributed by atoms with Crippen LogP contribution in [0.4, 0.5) is 0 Å². The molecule has 22 heavy (non-hydrogen) atoms. The lowest BCUT2D eigenvalue weighted by Crippen LogP contribution is -2.68. The molecule has 2 fully saturated rings. The molecular weight excluding hydrogens is 278 g/mol. The zero-order valence-electron chi connectivity index (χ0n) is 14.8. The first-order valence-corrected chi connectivity index (χ1v) is 8.37. The van der Waals surface area contributed by atoms with Crippen LogP contribution in [0.1, 0.15) is 40.5 Å². The number of hydrogen-bond donors (Lipinski definition) is 0. The predicted molar refractivity (Wildman–Crippen MR) is 87.7 cm³/mol. The molecular formula is C17H31N3O2. The first-order chi connectivity index (χ1) is 10.3. The molecule has 0 spiro atoms.